The predicted octanol–water partition coefficient (Wildman–Crippen LogP) is 2.67. The second-order valence-electron chi connectivity index (χ2n) is 3.93. The van der Waals surface area contributed by atoms with Gasteiger partial charge >= 0.3 is 11.9 Å². The van der Waals surface area contributed by atoms with Gasteiger partial charge in [-0.3, -0.25) is 4.79 Å². The molecule has 0 aliphatic heterocycles. The molecule has 7 heteroatoms. The van der Waals surface area contributed by atoms with E-state index in [9.17, 15) is 9.59 Å². The number of benzene rings is 1. The smallest absolute Gasteiger partial charge is 0.327 e. The van der Waals surface area contributed by atoms with Gasteiger partial charge in [-0.2, -0.15) is 0 Å². The summed E-state index contributed by atoms with van der Waals surface area (Å²) in [5.74, 6) is -2.65. The van der Waals surface area contributed by atoms with Crippen molar-refractivity contribution in [3.63, 3.8) is 0 Å². The van der Waals surface area contributed by atoms with Crippen LogP contribution in [-0.4, -0.2) is 30.2 Å². The molecule has 1 aromatic rings. The number of methoxy groups -OCH3 is 1. The number of ether oxygens (including phenoxy) is 1. The molecular formula is C12H13Cl2NO4. The standard InChI is InChI=1S/C12H13Cl2NO4/c1-6(12(18)19-2)10(11(16)17)15-9-4-7(13)3-8(14)5-9/h3-6,10,15H,1-2H3,(H,16,17). The third-order valence-corrected chi connectivity index (χ3v) is 2.96. The average molecular weight is 306 g/mol. The van der Waals surface area contributed by atoms with Crippen molar-refractivity contribution in [1.82, 2.24) is 0 Å². The predicted molar refractivity (Wildman–Crippen MR) is 72.7 cm³/mol. The van der Waals surface area contributed by atoms with Gasteiger partial charge in [0.25, 0.3) is 0 Å². The van der Waals surface area contributed by atoms with Crippen LogP contribution in [0, 0.1) is 5.92 Å². The van der Waals surface area contributed by atoms with Crippen molar-refractivity contribution in [3.8, 4) is 0 Å². The zero-order valence-corrected chi connectivity index (χ0v) is 11.8. The molecule has 104 valence electrons. The summed E-state index contributed by atoms with van der Waals surface area (Å²) in [6.07, 6.45) is 0. The van der Waals surface area contributed by atoms with Gasteiger partial charge in [0.1, 0.15) is 6.04 Å². The Labute approximate surface area is 120 Å². The SMILES string of the molecule is COC(=O)C(C)C(Nc1cc(Cl)cc(Cl)c1)C(=O)O. The van der Waals surface area contributed by atoms with Gasteiger partial charge in [-0.15, -0.1) is 0 Å². The first kappa shape index (κ1) is 15.6. The molecule has 2 unspecified atom stereocenters. The van der Waals surface area contributed by atoms with Gasteiger partial charge < -0.3 is 15.2 Å². The number of esters is 1. The summed E-state index contributed by atoms with van der Waals surface area (Å²) in [5.41, 5.74) is 0.417. The number of rotatable bonds is 5. The van der Waals surface area contributed by atoms with Crippen LogP contribution in [0.5, 0.6) is 0 Å². The Morgan fingerprint density at radius 3 is 2.21 bits per heavy atom. The molecular weight excluding hydrogens is 293 g/mol. The topological polar surface area (TPSA) is 75.6 Å². The molecule has 0 aliphatic carbocycles. The summed E-state index contributed by atoms with van der Waals surface area (Å²) >= 11 is 11.6. The summed E-state index contributed by atoms with van der Waals surface area (Å²) in [4.78, 5) is 22.6. The van der Waals surface area contributed by atoms with E-state index in [4.69, 9.17) is 28.3 Å². The van der Waals surface area contributed by atoms with E-state index in [1.54, 1.807) is 0 Å². The minimum absolute atomic E-state index is 0.366. The molecule has 0 saturated heterocycles. The lowest BCUT2D eigenvalue weighted by molar-refractivity contribution is -0.150. The number of aliphatic carboxylic acids is 1. The number of carboxylic acids is 1. The Morgan fingerprint density at radius 2 is 1.79 bits per heavy atom. The van der Waals surface area contributed by atoms with Crippen molar-refractivity contribution in [2.24, 2.45) is 5.92 Å². The highest BCUT2D eigenvalue weighted by Gasteiger charge is 2.30. The molecule has 0 heterocycles. The number of carbonyl (C=O) groups excluding carboxylic acids is 1. The fourth-order valence-corrected chi connectivity index (χ4v) is 2.07. The molecule has 0 aliphatic rings. The van der Waals surface area contributed by atoms with Crippen LogP contribution < -0.4 is 5.32 Å². The Morgan fingerprint density at radius 1 is 1.26 bits per heavy atom. The molecule has 5 nitrogen and oxygen atoms in total. The van der Waals surface area contributed by atoms with Crippen molar-refractivity contribution >= 4 is 40.8 Å². The zero-order valence-electron chi connectivity index (χ0n) is 10.3. The lowest BCUT2D eigenvalue weighted by atomic mass is 10.0. The Hall–Kier alpha value is -1.46. The minimum Gasteiger partial charge on any atom is -0.480 e. The van der Waals surface area contributed by atoms with Gasteiger partial charge in [0.15, 0.2) is 0 Å². The molecule has 19 heavy (non-hydrogen) atoms. The Kier molecular flexibility index (Phi) is 5.44. The number of nitrogens with one attached hydrogen (secondary N) is 1. The van der Waals surface area contributed by atoms with E-state index in [1.165, 1.54) is 32.2 Å². The van der Waals surface area contributed by atoms with Gasteiger partial charge in [0.2, 0.25) is 0 Å². The molecule has 1 aromatic carbocycles. The lowest BCUT2D eigenvalue weighted by Gasteiger charge is -2.20. The normalized spacial score (nSPS) is 13.5. The quantitative estimate of drug-likeness (QED) is 0.818. The average Bonchev–Trinajstić information content (AvgIpc) is 2.32. The van der Waals surface area contributed by atoms with Crippen molar-refractivity contribution < 1.29 is 19.4 Å². The third kappa shape index (κ3) is 4.29. The molecule has 0 spiro atoms. The molecule has 2 N–H and O–H groups in total. The van der Waals surface area contributed by atoms with E-state index in [0.717, 1.165) is 0 Å². The summed E-state index contributed by atoms with van der Waals surface area (Å²) < 4.78 is 4.53. The van der Waals surface area contributed by atoms with Gasteiger partial charge in [0, 0.05) is 15.7 Å². The largest absolute Gasteiger partial charge is 0.480 e. The number of anilines is 1. The number of carbonyl (C=O) groups is 2. The highest BCUT2D eigenvalue weighted by molar-refractivity contribution is 6.35. The van der Waals surface area contributed by atoms with Gasteiger partial charge in [-0.05, 0) is 25.1 Å². The van der Waals surface area contributed by atoms with Gasteiger partial charge in [-0.1, -0.05) is 23.2 Å². The lowest BCUT2D eigenvalue weighted by Crippen LogP contribution is -2.39. The van der Waals surface area contributed by atoms with Crippen LogP contribution in [0.25, 0.3) is 0 Å². The molecule has 1 rings (SSSR count). The van der Waals surface area contributed by atoms with Crippen LogP contribution in [0.15, 0.2) is 18.2 Å². The maximum absolute atomic E-state index is 11.4. The molecule has 0 saturated carbocycles. The Balaban J connectivity index is 2.96. The summed E-state index contributed by atoms with van der Waals surface area (Å²) in [7, 11) is 1.20. The van der Waals surface area contributed by atoms with E-state index in [0.29, 0.717) is 15.7 Å². The number of hydrogen-bond acceptors (Lipinski definition) is 4. The van der Waals surface area contributed by atoms with Crippen LogP contribution in [0.3, 0.4) is 0 Å². The molecule has 0 amide bonds. The highest BCUT2D eigenvalue weighted by atomic mass is 35.5. The van der Waals surface area contributed by atoms with Crippen molar-refractivity contribution in [3.05, 3.63) is 28.2 Å². The molecule has 0 fully saturated rings. The van der Waals surface area contributed by atoms with Crippen LogP contribution in [0.1, 0.15) is 6.92 Å². The first-order valence-electron chi connectivity index (χ1n) is 5.38. The second kappa shape index (κ2) is 6.63. The second-order valence-corrected chi connectivity index (χ2v) is 4.80. The number of hydrogen-bond donors (Lipinski definition) is 2. The van der Waals surface area contributed by atoms with Crippen molar-refractivity contribution in [1.29, 1.82) is 0 Å². The van der Waals surface area contributed by atoms with Crippen LogP contribution in [-0.2, 0) is 14.3 Å². The maximum atomic E-state index is 11.4. The molecule has 0 bridgehead atoms. The summed E-state index contributed by atoms with van der Waals surface area (Å²) in [6, 6.07) is 3.43. The van der Waals surface area contributed by atoms with Crippen LogP contribution in [0.2, 0.25) is 10.0 Å². The van der Waals surface area contributed by atoms with E-state index < -0.39 is 23.9 Å². The highest BCUT2D eigenvalue weighted by Crippen LogP contribution is 2.24. The van der Waals surface area contributed by atoms with E-state index in [1.807, 2.05) is 0 Å². The summed E-state index contributed by atoms with van der Waals surface area (Å²) in [6.45, 7) is 1.46. The van der Waals surface area contributed by atoms with Crippen molar-refractivity contribution in [2.75, 3.05) is 12.4 Å². The zero-order chi connectivity index (χ0) is 14.6. The molecule has 0 radical (unpaired) electrons. The molecule has 0 aromatic heterocycles. The van der Waals surface area contributed by atoms with Crippen LogP contribution >= 0.6 is 23.2 Å². The van der Waals surface area contributed by atoms with E-state index >= 15 is 0 Å². The minimum atomic E-state index is -1.17. The van der Waals surface area contributed by atoms with Gasteiger partial charge in [0.05, 0.1) is 13.0 Å². The first-order valence-corrected chi connectivity index (χ1v) is 6.14. The first-order chi connectivity index (χ1) is 8.85. The summed E-state index contributed by atoms with van der Waals surface area (Å²) in [5, 5.41) is 12.6. The number of carboxylic acid groups (broad SMARTS) is 1. The fourth-order valence-electron chi connectivity index (χ4n) is 1.54. The number of halogens is 2. The molecule has 2 atom stereocenters. The monoisotopic (exact) mass is 305 g/mol. The van der Waals surface area contributed by atoms with Crippen LogP contribution in [0.4, 0.5) is 5.69 Å². The maximum Gasteiger partial charge on any atom is 0.327 e. The van der Waals surface area contributed by atoms with Crippen molar-refractivity contribution in [2.45, 2.75) is 13.0 Å². The third-order valence-electron chi connectivity index (χ3n) is 2.52. The Bertz CT molecular complexity index is 472. The van der Waals surface area contributed by atoms with E-state index in [-0.39, 0.29) is 0 Å². The van der Waals surface area contributed by atoms with Gasteiger partial charge in [-0.25, -0.2) is 4.79 Å². The van der Waals surface area contributed by atoms with E-state index in [2.05, 4.69) is 10.1 Å². The fraction of sp³-hybridized carbons (Fsp3) is 0.333.